The summed E-state index contributed by atoms with van der Waals surface area (Å²) in [6.45, 7) is 3.11. The number of halogens is 1. The zero-order valence-electron chi connectivity index (χ0n) is 12.0. The fraction of sp³-hybridized carbons (Fsp3) is 0.438. The second kappa shape index (κ2) is 5.60. The van der Waals surface area contributed by atoms with Gasteiger partial charge in [0.05, 0.1) is 5.69 Å². The monoisotopic (exact) mass is 333 g/mol. The molecule has 2 aromatic rings. The maximum atomic E-state index is 4.59. The summed E-state index contributed by atoms with van der Waals surface area (Å²) in [6.07, 6.45) is 3.70. The molecule has 0 saturated heterocycles. The molecule has 1 aromatic heterocycles. The Labute approximate surface area is 128 Å². The van der Waals surface area contributed by atoms with Crippen molar-refractivity contribution >= 4 is 21.6 Å². The molecule has 106 valence electrons. The quantitative estimate of drug-likeness (QED) is 0.919. The number of anilines is 1. The first kappa shape index (κ1) is 13.7. The lowest BCUT2D eigenvalue weighted by Gasteiger charge is -2.24. The van der Waals surface area contributed by atoms with Crippen LogP contribution in [0, 0.1) is 6.92 Å². The zero-order valence-corrected chi connectivity index (χ0v) is 13.6. The maximum Gasteiger partial charge on any atom is 0.0628 e. The number of hydrogen-bond acceptors (Lipinski definition) is 2. The van der Waals surface area contributed by atoms with E-state index in [2.05, 4.69) is 69.3 Å². The molecule has 1 aromatic carbocycles. The first-order chi connectivity index (χ1) is 9.65. The molecule has 0 radical (unpaired) electrons. The van der Waals surface area contributed by atoms with Gasteiger partial charge in [-0.15, -0.1) is 0 Å². The van der Waals surface area contributed by atoms with E-state index in [0.717, 1.165) is 11.0 Å². The van der Waals surface area contributed by atoms with Crippen molar-refractivity contribution in [3.63, 3.8) is 0 Å². The predicted octanol–water partition coefficient (Wildman–Crippen LogP) is 4.02. The fourth-order valence-corrected chi connectivity index (χ4v) is 3.47. The summed E-state index contributed by atoms with van der Waals surface area (Å²) in [5.41, 5.74) is 5.29. The minimum atomic E-state index is 0.564. The molecule has 1 atom stereocenters. The van der Waals surface area contributed by atoms with Crippen LogP contribution in [-0.4, -0.2) is 16.3 Å². The highest BCUT2D eigenvalue weighted by atomic mass is 79.9. The molecule has 0 spiro atoms. The molecule has 0 aliphatic heterocycles. The van der Waals surface area contributed by atoms with Crippen LogP contribution in [0.25, 0.3) is 0 Å². The van der Waals surface area contributed by atoms with E-state index in [1.165, 1.54) is 41.9 Å². The smallest absolute Gasteiger partial charge is 0.0628 e. The Morgan fingerprint density at radius 1 is 1.35 bits per heavy atom. The van der Waals surface area contributed by atoms with Gasteiger partial charge in [0.2, 0.25) is 0 Å². The van der Waals surface area contributed by atoms with Crippen LogP contribution in [0.3, 0.4) is 0 Å². The summed E-state index contributed by atoms with van der Waals surface area (Å²) in [5, 5.41) is 8.15. The summed E-state index contributed by atoms with van der Waals surface area (Å²) < 4.78 is 3.20. The fourth-order valence-electron chi connectivity index (χ4n) is 3.21. The van der Waals surface area contributed by atoms with E-state index in [1.54, 1.807) is 0 Å². The van der Waals surface area contributed by atoms with Gasteiger partial charge in [-0.05, 0) is 56.0 Å². The second-order valence-corrected chi connectivity index (χ2v) is 6.47. The number of nitrogens with zero attached hydrogens (tertiary/aromatic N) is 2. The van der Waals surface area contributed by atoms with Gasteiger partial charge >= 0.3 is 0 Å². The third kappa shape index (κ3) is 2.62. The van der Waals surface area contributed by atoms with E-state index in [0.29, 0.717) is 5.92 Å². The van der Waals surface area contributed by atoms with Gasteiger partial charge in [-0.3, -0.25) is 4.68 Å². The van der Waals surface area contributed by atoms with Gasteiger partial charge in [-0.1, -0.05) is 15.9 Å². The van der Waals surface area contributed by atoms with Crippen LogP contribution in [-0.2, 0) is 13.5 Å². The molecular formula is C16H20BrN3. The third-order valence-electron chi connectivity index (χ3n) is 4.16. The topological polar surface area (TPSA) is 29.9 Å². The molecule has 0 fully saturated rings. The molecular weight excluding hydrogens is 314 g/mol. The summed E-state index contributed by atoms with van der Waals surface area (Å²) in [7, 11) is 2.07. The SMILES string of the molecule is Cc1nn(C)c2c1CCCC2CNc1ccc(Br)cc1. The first-order valence-corrected chi connectivity index (χ1v) is 7.96. The predicted molar refractivity (Wildman–Crippen MR) is 86.3 cm³/mol. The van der Waals surface area contributed by atoms with E-state index >= 15 is 0 Å². The van der Waals surface area contributed by atoms with E-state index < -0.39 is 0 Å². The summed E-state index contributed by atoms with van der Waals surface area (Å²) in [5.74, 6) is 0.564. The molecule has 1 heterocycles. The molecule has 1 aliphatic carbocycles. The average molecular weight is 334 g/mol. The Kier molecular flexibility index (Phi) is 3.83. The van der Waals surface area contributed by atoms with E-state index in [-0.39, 0.29) is 0 Å². The van der Waals surface area contributed by atoms with Gasteiger partial charge in [0.15, 0.2) is 0 Å². The Hall–Kier alpha value is -1.29. The van der Waals surface area contributed by atoms with Crippen LogP contribution >= 0.6 is 15.9 Å². The number of aromatic nitrogens is 2. The number of fused-ring (bicyclic) bond motifs is 1. The maximum absolute atomic E-state index is 4.59. The lowest BCUT2D eigenvalue weighted by Crippen LogP contribution is -2.20. The molecule has 1 N–H and O–H groups in total. The molecule has 3 nitrogen and oxygen atoms in total. The van der Waals surface area contributed by atoms with Crippen molar-refractivity contribution in [3.05, 3.63) is 45.7 Å². The number of nitrogens with one attached hydrogen (secondary N) is 1. The van der Waals surface area contributed by atoms with Gasteiger partial charge in [0.1, 0.15) is 0 Å². The highest BCUT2D eigenvalue weighted by Crippen LogP contribution is 2.33. The highest BCUT2D eigenvalue weighted by molar-refractivity contribution is 9.10. The van der Waals surface area contributed by atoms with E-state index in [9.17, 15) is 0 Å². The van der Waals surface area contributed by atoms with Gasteiger partial charge < -0.3 is 5.32 Å². The van der Waals surface area contributed by atoms with Gasteiger partial charge in [0, 0.05) is 35.4 Å². The second-order valence-electron chi connectivity index (χ2n) is 5.55. The van der Waals surface area contributed by atoms with Crippen molar-refractivity contribution in [2.45, 2.75) is 32.1 Å². The van der Waals surface area contributed by atoms with Crippen molar-refractivity contribution in [3.8, 4) is 0 Å². The van der Waals surface area contributed by atoms with Crippen LogP contribution in [0.1, 0.15) is 35.7 Å². The van der Waals surface area contributed by atoms with Gasteiger partial charge in [0.25, 0.3) is 0 Å². The Balaban J connectivity index is 1.75. The Morgan fingerprint density at radius 3 is 2.85 bits per heavy atom. The Morgan fingerprint density at radius 2 is 2.10 bits per heavy atom. The highest BCUT2D eigenvalue weighted by Gasteiger charge is 2.25. The molecule has 20 heavy (non-hydrogen) atoms. The third-order valence-corrected chi connectivity index (χ3v) is 4.69. The minimum absolute atomic E-state index is 0.564. The number of hydrogen-bond donors (Lipinski definition) is 1. The van der Waals surface area contributed by atoms with Crippen LogP contribution in [0.15, 0.2) is 28.7 Å². The molecule has 4 heteroatoms. The lowest BCUT2D eigenvalue weighted by molar-refractivity contribution is 0.529. The van der Waals surface area contributed by atoms with Crippen LogP contribution in [0.2, 0.25) is 0 Å². The molecule has 0 amide bonds. The minimum Gasteiger partial charge on any atom is -0.384 e. The zero-order chi connectivity index (χ0) is 14.1. The van der Waals surface area contributed by atoms with Crippen molar-refractivity contribution < 1.29 is 0 Å². The summed E-state index contributed by atoms with van der Waals surface area (Å²) >= 11 is 3.47. The first-order valence-electron chi connectivity index (χ1n) is 7.17. The largest absolute Gasteiger partial charge is 0.384 e. The van der Waals surface area contributed by atoms with Crippen molar-refractivity contribution in [1.29, 1.82) is 0 Å². The molecule has 0 saturated carbocycles. The van der Waals surface area contributed by atoms with Crippen molar-refractivity contribution in [2.24, 2.45) is 7.05 Å². The number of rotatable bonds is 3. The lowest BCUT2D eigenvalue weighted by atomic mass is 9.86. The average Bonchev–Trinajstić information content (AvgIpc) is 2.74. The number of benzene rings is 1. The normalized spacial score (nSPS) is 17.9. The van der Waals surface area contributed by atoms with Crippen LogP contribution in [0.4, 0.5) is 5.69 Å². The van der Waals surface area contributed by atoms with Crippen molar-refractivity contribution in [2.75, 3.05) is 11.9 Å². The van der Waals surface area contributed by atoms with Crippen LogP contribution < -0.4 is 5.32 Å². The van der Waals surface area contributed by atoms with Crippen LogP contribution in [0.5, 0.6) is 0 Å². The molecule has 1 aliphatic rings. The van der Waals surface area contributed by atoms with Crippen molar-refractivity contribution in [1.82, 2.24) is 9.78 Å². The van der Waals surface area contributed by atoms with E-state index in [4.69, 9.17) is 0 Å². The van der Waals surface area contributed by atoms with Gasteiger partial charge in [-0.2, -0.15) is 5.10 Å². The molecule has 1 unspecified atom stereocenters. The summed E-state index contributed by atoms with van der Waals surface area (Å²) in [4.78, 5) is 0. The Bertz CT molecular complexity index is 601. The molecule has 3 rings (SSSR count). The standard InChI is InChI=1S/C16H20BrN3/c1-11-15-5-3-4-12(16(15)20(2)19-11)10-18-14-8-6-13(17)7-9-14/h6-9,12,18H,3-5,10H2,1-2H3. The number of aryl methyl sites for hydroxylation is 2. The summed E-state index contributed by atoms with van der Waals surface area (Å²) in [6, 6.07) is 8.37. The van der Waals surface area contributed by atoms with E-state index in [1.807, 2.05) is 0 Å². The molecule has 0 bridgehead atoms. The van der Waals surface area contributed by atoms with Gasteiger partial charge in [-0.25, -0.2) is 0 Å².